The Balaban J connectivity index is 1.52. The minimum atomic E-state index is -0.0921. The quantitative estimate of drug-likeness (QED) is 0.758. The van der Waals surface area contributed by atoms with Gasteiger partial charge in [-0.25, -0.2) is 0 Å². The Hall–Kier alpha value is -2.57. The van der Waals surface area contributed by atoms with Crippen molar-refractivity contribution in [1.29, 1.82) is 0 Å². The van der Waals surface area contributed by atoms with Gasteiger partial charge in [-0.1, -0.05) is 6.07 Å². The molecule has 2 N–H and O–H groups in total. The first-order chi connectivity index (χ1) is 12.5. The molecule has 3 aromatic rings. The second kappa shape index (κ2) is 6.63. The van der Waals surface area contributed by atoms with Crippen molar-refractivity contribution in [2.24, 2.45) is 0 Å². The highest BCUT2D eigenvalue weighted by atomic mass is 16.1. The predicted octanol–water partition coefficient (Wildman–Crippen LogP) is 2.17. The van der Waals surface area contributed by atoms with Gasteiger partial charge in [0.1, 0.15) is 0 Å². The molecule has 0 radical (unpaired) electrons. The number of fused-ring (bicyclic) bond motifs is 1. The molecule has 134 valence electrons. The number of H-pyrrole nitrogens is 1. The Morgan fingerprint density at radius 3 is 2.77 bits per heavy atom. The number of rotatable bonds is 3. The average Bonchev–Trinajstić information content (AvgIpc) is 2.61. The van der Waals surface area contributed by atoms with Crippen LogP contribution in [0.1, 0.15) is 19.5 Å². The molecule has 0 bridgehead atoms. The molecule has 0 unspecified atom stereocenters. The van der Waals surface area contributed by atoms with Gasteiger partial charge in [0, 0.05) is 48.9 Å². The molecule has 0 atom stereocenters. The van der Waals surface area contributed by atoms with Crippen LogP contribution in [-0.4, -0.2) is 45.3 Å². The summed E-state index contributed by atoms with van der Waals surface area (Å²) in [5.74, 6) is 0. The molecule has 3 heterocycles. The summed E-state index contributed by atoms with van der Waals surface area (Å²) in [5.41, 5.74) is 3.68. The van der Waals surface area contributed by atoms with E-state index in [1.165, 1.54) is 6.07 Å². The van der Waals surface area contributed by atoms with Crippen LogP contribution in [0, 0.1) is 0 Å². The summed E-state index contributed by atoms with van der Waals surface area (Å²) >= 11 is 0. The van der Waals surface area contributed by atoms with Crippen molar-refractivity contribution in [3.05, 3.63) is 58.5 Å². The Bertz CT molecular complexity index is 977. The molecule has 1 aliphatic rings. The minimum absolute atomic E-state index is 0.0921. The van der Waals surface area contributed by atoms with Gasteiger partial charge in [-0.2, -0.15) is 10.2 Å². The van der Waals surface area contributed by atoms with Gasteiger partial charge < -0.3 is 10.3 Å². The maximum atomic E-state index is 11.4. The molecule has 1 aliphatic heterocycles. The largest absolute Gasteiger partial charge is 0.322 e. The first-order valence-electron chi connectivity index (χ1n) is 8.92. The van der Waals surface area contributed by atoms with Gasteiger partial charge in [0.15, 0.2) is 0 Å². The number of hydrogen-bond donors (Lipinski definition) is 2. The lowest BCUT2D eigenvalue weighted by atomic mass is 10.0. The van der Waals surface area contributed by atoms with Gasteiger partial charge >= 0.3 is 0 Å². The predicted molar refractivity (Wildman–Crippen MR) is 103 cm³/mol. The average molecular weight is 349 g/mol. The Morgan fingerprint density at radius 1 is 1.12 bits per heavy atom. The SMILES string of the molecule is CC1(C)CN(Cc2ccc(-c3ccc4[nH]c(=O)ccc4c3)nn2)CCN1. The van der Waals surface area contributed by atoms with Crippen molar-refractivity contribution in [3.8, 4) is 11.3 Å². The summed E-state index contributed by atoms with van der Waals surface area (Å²) in [6.45, 7) is 8.28. The van der Waals surface area contributed by atoms with Gasteiger partial charge in [-0.05, 0) is 49.6 Å². The topological polar surface area (TPSA) is 73.9 Å². The van der Waals surface area contributed by atoms with Gasteiger partial charge in [0.2, 0.25) is 5.56 Å². The van der Waals surface area contributed by atoms with Crippen molar-refractivity contribution in [2.45, 2.75) is 25.9 Å². The van der Waals surface area contributed by atoms with Crippen molar-refractivity contribution in [1.82, 2.24) is 25.4 Å². The fourth-order valence-electron chi connectivity index (χ4n) is 3.52. The van der Waals surface area contributed by atoms with E-state index < -0.39 is 0 Å². The molecule has 4 rings (SSSR count). The van der Waals surface area contributed by atoms with Gasteiger partial charge in [0.05, 0.1) is 11.4 Å². The molecule has 1 saturated heterocycles. The van der Waals surface area contributed by atoms with E-state index in [2.05, 4.69) is 45.3 Å². The molecule has 2 aromatic heterocycles. The van der Waals surface area contributed by atoms with Crippen LogP contribution in [0.15, 0.2) is 47.3 Å². The zero-order chi connectivity index (χ0) is 18.1. The normalized spacial score (nSPS) is 17.5. The maximum Gasteiger partial charge on any atom is 0.248 e. The molecular weight excluding hydrogens is 326 g/mol. The van der Waals surface area contributed by atoms with Crippen LogP contribution >= 0.6 is 0 Å². The van der Waals surface area contributed by atoms with Crippen LogP contribution in [0.25, 0.3) is 22.2 Å². The van der Waals surface area contributed by atoms with Crippen LogP contribution in [0.3, 0.4) is 0 Å². The fraction of sp³-hybridized carbons (Fsp3) is 0.350. The molecule has 6 heteroatoms. The maximum absolute atomic E-state index is 11.4. The number of benzene rings is 1. The van der Waals surface area contributed by atoms with E-state index in [1.54, 1.807) is 0 Å². The van der Waals surface area contributed by atoms with Crippen LogP contribution in [0.5, 0.6) is 0 Å². The van der Waals surface area contributed by atoms with E-state index in [0.29, 0.717) is 0 Å². The lowest BCUT2D eigenvalue weighted by Gasteiger charge is -2.38. The van der Waals surface area contributed by atoms with E-state index in [-0.39, 0.29) is 11.1 Å². The highest BCUT2D eigenvalue weighted by Gasteiger charge is 2.25. The third-order valence-electron chi connectivity index (χ3n) is 4.78. The molecule has 0 spiro atoms. The molecule has 0 amide bonds. The standard InChI is InChI=1S/C20H23N5O/c1-20(2)13-25(10-9-21-20)12-16-5-7-18(24-23-16)15-3-6-17-14(11-15)4-8-19(26)22-17/h3-8,11,21H,9-10,12-13H2,1-2H3,(H,22,26). The number of nitrogens with zero attached hydrogens (tertiary/aromatic N) is 3. The highest BCUT2D eigenvalue weighted by molar-refractivity contribution is 5.83. The van der Waals surface area contributed by atoms with Gasteiger partial charge in [0.25, 0.3) is 0 Å². The first-order valence-corrected chi connectivity index (χ1v) is 8.92. The zero-order valence-electron chi connectivity index (χ0n) is 15.1. The summed E-state index contributed by atoms with van der Waals surface area (Å²) < 4.78 is 0. The van der Waals surface area contributed by atoms with Crippen molar-refractivity contribution >= 4 is 10.9 Å². The molecule has 26 heavy (non-hydrogen) atoms. The van der Waals surface area contributed by atoms with E-state index in [9.17, 15) is 4.79 Å². The molecule has 1 fully saturated rings. The summed E-state index contributed by atoms with van der Waals surface area (Å²) in [5, 5.41) is 13.3. The van der Waals surface area contributed by atoms with Crippen LogP contribution in [-0.2, 0) is 6.54 Å². The molecule has 0 aliphatic carbocycles. The first kappa shape index (κ1) is 16.9. The Morgan fingerprint density at radius 2 is 2.00 bits per heavy atom. The van der Waals surface area contributed by atoms with E-state index in [1.807, 2.05) is 30.3 Å². The summed E-state index contributed by atoms with van der Waals surface area (Å²) in [6, 6.07) is 13.3. The second-order valence-electron chi connectivity index (χ2n) is 7.56. The third kappa shape index (κ3) is 3.66. The van der Waals surface area contributed by atoms with Crippen LogP contribution in [0.2, 0.25) is 0 Å². The summed E-state index contributed by atoms with van der Waals surface area (Å²) in [6.07, 6.45) is 0. The number of hydrogen-bond acceptors (Lipinski definition) is 5. The van der Waals surface area contributed by atoms with Crippen molar-refractivity contribution < 1.29 is 0 Å². The number of pyridine rings is 1. The van der Waals surface area contributed by atoms with E-state index in [0.717, 1.165) is 54.0 Å². The second-order valence-corrected chi connectivity index (χ2v) is 7.56. The van der Waals surface area contributed by atoms with Gasteiger partial charge in [-0.15, -0.1) is 0 Å². The summed E-state index contributed by atoms with van der Waals surface area (Å²) in [4.78, 5) is 16.6. The number of aromatic nitrogens is 3. The third-order valence-corrected chi connectivity index (χ3v) is 4.78. The zero-order valence-corrected chi connectivity index (χ0v) is 15.1. The van der Waals surface area contributed by atoms with Crippen LogP contribution in [0.4, 0.5) is 0 Å². The highest BCUT2D eigenvalue weighted by Crippen LogP contribution is 2.21. The van der Waals surface area contributed by atoms with Gasteiger partial charge in [-0.3, -0.25) is 9.69 Å². The smallest absolute Gasteiger partial charge is 0.248 e. The molecule has 0 saturated carbocycles. The van der Waals surface area contributed by atoms with E-state index in [4.69, 9.17) is 0 Å². The van der Waals surface area contributed by atoms with Crippen molar-refractivity contribution in [2.75, 3.05) is 19.6 Å². The Kier molecular flexibility index (Phi) is 4.30. The monoisotopic (exact) mass is 349 g/mol. The molecular formula is C20H23N5O. The van der Waals surface area contributed by atoms with E-state index >= 15 is 0 Å². The summed E-state index contributed by atoms with van der Waals surface area (Å²) in [7, 11) is 0. The number of aromatic amines is 1. The van der Waals surface area contributed by atoms with Crippen LogP contribution < -0.4 is 10.9 Å². The fourth-order valence-corrected chi connectivity index (χ4v) is 3.52. The number of nitrogens with one attached hydrogen (secondary N) is 2. The van der Waals surface area contributed by atoms with Crippen molar-refractivity contribution in [3.63, 3.8) is 0 Å². The Labute approximate surface area is 152 Å². The molecule has 6 nitrogen and oxygen atoms in total. The molecule has 1 aromatic carbocycles. The lowest BCUT2D eigenvalue weighted by Crippen LogP contribution is -2.56. The lowest BCUT2D eigenvalue weighted by molar-refractivity contribution is 0.146. The minimum Gasteiger partial charge on any atom is -0.322 e. The number of piperazine rings is 1.